The first-order chi connectivity index (χ1) is 10.1. The van der Waals surface area contributed by atoms with Gasteiger partial charge in [-0.05, 0) is 24.6 Å². The maximum atomic E-state index is 11.8. The van der Waals surface area contributed by atoms with Crippen LogP contribution in [0.4, 0.5) is 11.5 Å². The van der Waals surface area contributed by atoms with Gasteiger partial charge in [0, 0.05) is 32.2 Å². The summed E-state index contributed by atoms with van der Waals surface area (Å²) >= 11 is 0. The summed E-state index contributed by atoms with van der Waals surface area (Å²) in [6, 6.07) is 5.40. The number of ether oxygens (including phenoxy) is 1. The van der Waals surface area contributed by atoms with Crippen molar-refractivity contribution in [1.82, 2.24) is 9.97 Å². The molecule has 0 fully saturated rings. The Balaban J connectivity index is 2.23. The minimum absolute atomic E-state index is 0.307. The van der Waals surface area contributed by atoms with Gasteiger partial charge in [0.15, 0.2) is 5.82 Å². The van der Waals surface area contributed by atoms with E-state index >= 15 is 0 Å². The van der Waals surface area contributed by atoms with Crippen molar-refractivity contribution in [2.24, 2.45) is 0 Å². The van der Waals surface area contributed by atoms with Gasteiger partial charge in [0.2, 0.25) is 0 Å². The molecule has 0 aromatic carbocycles. The molecule has 0 bridgehead atoms. The lowest BCUT2D eigenvalue weighted by Crippen LogP contribution is -2.21. The number of esters is 1. The van der Waals surface area contributed by atoms with E-state index in [4.69, 9.17) is 10.5 Å². The Morgan fingerprint density at radius 1 is 1.38 bits per heavy atom. The van der Waals surface area contributed by atoms with Crippen LogP contribution in [0.3, 0.4) is 0 Å². The normalized spacial score (nSPS) is 10.2. The second kappa shape index (κ2) is 6.69. The predicted octanol–water partition coefficient (Wildman–Crippen LogP) is 1.87. The zero-order chi connectivity index (χ0) is 15.2. The first kappa shape index (κ1) is 14.8. The van der Waals surface area contributed by atoms with Gasteiger partial charge in [-0.25, -0.2) is 9.78 Å². The molecular weight excluding hydrogens is 268 g/mol. The summed E-state index contributed by atoms with van der Waals surface area (Å²) in [6.45, 7) is 2.66. The quantitative estimate of drug-likeness (QED) is 0.845. The Labute approximate surface area is 123 Å². The van der Waals surface area contributed by atoms with Crippen LogP contribution in [0, 0.1) is 0 Å². The number of nitrogens with zero attached hydrogens (tertiary/aromatic N) is 3. The summed E-state index contributed by atoms with van der Waals surface area (Å²) in [5, 5.41) is 0. The number of aromatic nitrogens is 2. The van der Waals surface area contributed by atoms with Crippen molar-refractivity contribution in [3.63, 3.8) is 0 Å². The molecule has 2 N–H and O–H groups in total. The van der Waals surface area contributed by atoms with Crippen molar-refractivity contribution in [3.8, 4) is 0 Å². The maximum absolute atomic E-state index is 11.8. The van der Waals surface area contributed by atoms with Crippen LogP contribution < -0.4 is 10.6 Å². The lowest BCUT2D eigenvalue weighted by atomic mass is 10.2. The summed E-state index contributed by atoms with van der Waals surface area (Å²) in [6.07, 6.45) is 5.05. The highest BCUT2D eigenvalue weighted by atomic mass is 16.5. The van der Waals surface area contributed by atoms with Gasteiger partial charge < -0.3 is 15.4 Å². The fraction of sp³-hybridized carbons (Fsp3) is 0.267. The second-order valence-electron chi connectivity index (χ2n) is 4.53. The van der Waals surface area contributed by atoms with Gasteiger partial charge in [0.05, 0.1) is 17.9 Å². The Hall–Kier alpha value is -2.63. The van der Waals surface area contributed by atoms with Crippen LogP contribution in [0.25, 0.3) is 0 Å². The van der Waals surface area contributed by atoms with Crippen molar-refractivity contribution in [3.05, 3.63) is 47.9 Å². The first-order valence-electron chi connectivity index (χ1n) is 6.65. The summed E-state index contributed by atoms with van der Waals surface area (Å²) in [7, 11) is 1.86. The van der Waals surface area contributed by atoms with Crippen LogP contribution in [0.5, 0.6) is 0 Å². The topological polar surface area (TPSA) is 81.3 Å². The fourth-order valence-electron chi connectivity index (χ4n) is 1.99. The number of hydrogen-bond acceptors (Lipinski definition) is 6. The Kier molecular flexibility index (Phi) is 4.71. The van der Waals surface area contributed by atoms with Gasteiger partial charge in [0.25, 0.3) is 0 Å². The molecule has 6 heteroatoms. The van der Waals surface area contributed by atoms with E-state index in [9.17, 15) is 4.79 Å². The molecular formula is C15H18N4O2. The summed E-state index contributed by atoms with van der Waals surface area (Å²) in [5.41, 5.74) is 7.73. The standard InChI is InChI=1S/C15H18N4O2/c1-3-21-15(20)12-6-8-18-14(13(12)16)19(2)10-11-5-4-7-17-9-11/h4-9H,3,10,16H2,1-2H3. The van der Waals surface area contributed by atoms with E-state index in [2.05, 4.69) is 9.97 Å². The van der Waals surface area contributed by atoms with Gasteiger partial charge in [0.1, 0.15) is 0 Å². The van der Waals surface area contributed by atoms with E-state index in [0.717, 1.165) is 5.56 Å². The van der Waals surface area contributed by atoms with Gasteiger partial charge in [-0.3, -0.25) is 4.98 Å². The van der Waals surface area contributed by atoms with E-state index in [-0.39, 0.29) is 0 Å². The minimum atomic E-state index is -0.437. The minimum Gasteiger partial charge on any atom is -0.462 e. The first-order valence-corrected chi connectivity index (χ1v) is 6.65. The van der Waals surface area contributed by atoms with Gasteiger partial charge in [-0.1, -0.05) is 6.07 Å². The van der Waals surface area contributed by atoms with Crippen molar-refractivity contribution in [2.75, 3.05) is 24.3 Å². The zero-order valence-electron chi connectivity index (χ0n) is 12.1. The SMILES string of the molecule is CCOC(=O)c1ccnc(N(C)Cc2cccnc2)c1N. The number of nitrogen functional groups attached to an aromatic ring is 1. The molecule has 0 atom stereocenters. The summed E-state index contributed by atoms with van der Waals surface area (Å²) < 4.78 is 4.99. The van der Waals surface area contributed by atoms with E-state index in [0.29, 0.717) is 30.2 Å². The average Bonchev–Trinajstić information content (AvgIpc) is 2.48. The molecule has 0 saturated heterocycles. The lowest BCUT2D eigenvalue weighted by molar-refractivity contribution is 0.0527. The molecule has 0 aliphatic rings. The predicted molar refractivity (Wildman–Crippen MR) is 80.9 cm³/mol. The van der Waals surface area contributed by atoms with Crippen LogP contribution in [0.2, 0.25) is 0 Å². The van der Waals surface area contributed by atoms with E-state index in [1.165, 1.54) is 0 Å². The van der Waals surface area contributed by atoms with Crippen molar-refractivity contribution in [1.29, 1.82) is 0 Å². The average molecular weight is 286 g/mol. The molecule has 0 amide bonds. The van der Waals surface area contributed by atoms with Gasteiger partial charge >= 0.3 is 5.97 Å². The molecule has 0 unspecified atom stereocenters. The third kappa shape index (κ3) is 3.47. The Morgan fingerprint density at radius 2 is 2.19 bits per heavy atom. The highest BCUT2D eigenvalue weighted by molar-refractivity contribution is 5.97. The van der Waals surface area contributed by atoms with Crippen molar-refractivity contribution < 1.29 is 9.53 Å². The van der Waals surface area contributed by atoms with E-state index in [1.54, 1.807) is 31.6 Å². The highest BCUT2D eigenvalue weighted by Gasteiger charge is 2.17. The van der Waals surface area contributed by atoms with Gasteiger partial charge in [-0.2, -0.15) is 0 Å². The molecule has 0 saturated carbocycles. The number of carbonyl (C=O) groups excluding carboxylic acids is 1. The molecule has 0 radical (unpaired) electrons. The largest absolute Gasteiger partial charge is 0.462 e. The molecule has 2 aromatic rings. The molecule has 0 aliphatic carbocycles. The molecule has 2 aromatic heterocycles. The number of rotatable bonds is 5. The van der Waals surface area contributed by atoms with Crippen LogP contribution in [0.15, 0.2) is 36.8 Å². The van der Waals surface area contributed by atoms with E-state index in [1.807, 2.05) is 24.1 Å². The van der Waals surface area contributed by atoms with Crippen molar-refractivity contribution >= 4 is 17.5 Å². The number of anilines is 2. The van der Waals surface area contributed by atoms with Crippen LogP contribution >= 0.6 is 0 Å². The van der Waals surface area contributed by atoms with Crippen LogP contribution in [0.1, 0.15) is 22.8 Å². The Morgan fingerprint density at radius 3 is 2.86 bits per heavy atom. The molecule has 0 spiro atoms. The summed E-state index contributed by atoms with van der Waals surface area (Å²) in [5.74, 6) is 0.109. The highest BCUT2D eigenvalue weighted by Crippen LogP contribution is 2.24. The second-order valence-corrected chi connectivity index (χ2v) is 4.53. The zero-order valence-corrected chi connectivity index (χ0v) is 12.1. The monoisotopic (exact) mass is 286 g/mol. The summed E-state index contributed by atoms with van der Waals surface area (Å²) in [4.78, 5) is 22.0. The smallest absolute Gasteiger partial charge is 0.340 e. The Bertz CT molecular complexity index is 616. The molecule has 0 aliphatic heterocycles. The maximum Gasteiger partial charge on any atom is 0.340 e. The van der Waals surface area contributed by atoms with Crippen LogP contribution in [-0.2, 0) is 11.3 Å². The fourth-order valence-corrected chi connectivity index (χ4v) is 1.99. The number of nitrogens with two attached hydrogens (primary N) is 1. The van der Waals surface area contributed by atoms with E-state index < -0.39 is 5.97 Å². The lowest BCUT2D eigenvalue weighted by Gasteiger charge is -2.20. The number of carbonyl (C=O) groups is 1. The van der Waals surface area contributed by atoms with Crippen molar-refractivity contribution in [2.45, 2.75) is 13.5 Å². The molecule has 21 heavy (non-hydrogen) atoms. The van der Waals surface area contributed by atoms with Gasteiger partial charge in [-0.15, -0.1) is 0 Å². The molecule has 2 rings (SSSR count). The third-order valence-corrected chi connectivity index (χ3v) is 2.97. The molecule has 6 nitrogen and oxygen atoms in total. The molecule has 2 heterocycles. The third-order valence-electron chi connectivity index (χ3n) is 2.97. The number of pyridine rings is 2. The number of hydrogen-bond donors (Lipinski definition) is 1. The molecule has 110 valence electrons. The van der Waals surface area contributed by atoms with Crippen LogP contribution in [-0.4, -0.2) is 29.6 Å².